The van der Waals surface area contributed by atoms with Crippen LogP contribution in [-0.4, -0.2) is 37.6 Å². The molecule has 0 bridgehead atoms. The second-order valence-electron chi connectivity index (χ2n) is 4.95. The summed E-state index contributed by atoms with van der Waals surface area (Å²) >= 11 is 1.44. The minimum atomic E-state index is -0.199. The van der Waals surface area contributed by atoms with E-state index in [4.69, 9.17) is 10.6 Å². The van der Waals surface area contributed by atoms with Gasteiger partial charge in [0.25, 0.3) is 5.91 Å². The summed E-state index contributed by atoms with van der Waals surface area (Å²) in [5.74, 6) is 5.61. The van der Waals surface area contributed by atoms with Gasteiger partial charge in [0.15, 0.2) is 0 Å². The lowest BCUT2D eigenvalue weighted by Gasteiger charge is -2.32. The van der Waals surface area contributed by atoms with Crippen molar-refractivity contribution in [1.29, 1.82) is 0 Å². The lowest BCUT2D eigenvalue weighted by Crippen LogP contribution is -2.37. The van der Waals surface area contributed by atoms with Gasteiger partial charge in [-0.25, -0.2) is 5.84 Å². The number of hydrogen-bond acceptors (Lipinski definition) is 5. The van der Waals surface area contributed by atoms with Crippen molar-refractivity contribution in [3.05, 3.63) is 21.9 Å². The van der Waals surface area contributed by atoms with E-state index < -0.39 is 0 Å². The quantitative estimate of drug-likeness (QED) is 0.484. The molecule has 0 spiro atoms. The topological polar surface area (TPSA) is 67.6 Å². The summed E-state index contributed by atoms with van der Waals surface area (Å²) in [6.07, 6.45) is 2.42. The number of hydrazine groups is 1. The Kier molecular flexibility index (Phi) is 5.33. The van der Waals surface area contributed by atoms with Crippen molar-refractivity contribution in [3.8, 4) is 0 Å². The largest absolute Gasteiger partial charge is 0.384 e. The molecule has 2 rings (SSSR count). The van der Waals surface area contributed by atoms with Gasteiger partial charge in [-0.2, -0.15) is 0 Å². The molecule has 1 aliphatic heterocycles. The van der Waals surface area contributed by atoms with E-state index in [-0.39, 0.29) is 5.91 Å². The molecule has 1 unspecified atom stereocenters. The Hall–Kier alpha value is -0.950. The predicted molar refractivity (Wildman–Crippen MR) is 75.8 cm³/mol. The van der Waals surface area contributed by atoms with Crippen LogP contribution in [0.3, 0.4) is 0 Å². The lowest BCUT2D eigenvalue weighted by atomic mass is 9.98. The maximum atomic E-state index is 11.6. The zero-order valence-electron chi connectivity index (χ0n) is 11.2. The molecule has 1 atom stereocenters. The van der Waals surface area contributed by atoms with Crippen LogP contribution in [-0.2, 0) is 11.3 Å². The third-order valence-electron chi connectivity index (χ3n) is 3.48. The van der Waals surface area contributed by atoms with Crippen molar-refractivity contribution < 1.29 is 9.53 Å². The van der Waals surface area contributed by atoms with Crippen LogP contribution in [0.25, 0.3) is 0 Å². The molecular weight excluding hydrogens is 262 g/mol. The molecule has 0 aromatic carbocycles. The van der Waals surface area contributed by atoms with E-state index in [1.54, 1.807) is 7.11 Å². The van der Waals surface area contributed by atoms with E-state index in [0.717, 1.165) is 36.7 Å². The second-order valence-corrected chi connectivity index (χ2v) is 5.86. The number of piperidine rings is 1. The van der Waals surface area contributed by atoms with Crippen molar-refractivity contribution in [2.75, 3.05) is 26.8 Å². The van der Waals surface area contributed by atoms with E-state index in [1.165, 1.54) is 24.2 Å². The van der Waals surface area contributed by atoms with Crippen molar-refractivity contribution >= 4 is 17.2 Å². The molecule has 0 aliphatic carbocycles. The van der Waals surface area contributed by atoms with Crippen molar-refractivity contribution in [1.82, 2.24) is 10.3 Å². The average Bonchev–Trinajstić information content (AvgIpc) is 2.87. The number of thiophene rings is 1. The van der Waals surface area contributed by atoms with Gasteiger partial charge >= 0.3 is 0 Å². The van der Waals surface area contributed by atoms with Crippen LogP contribution in [0.4, 0.5) is 0 Å². The van der Waals surface area contributed by atoms with Crippen LogP contribution in [0, 0.1) is 5.92 Å². The first-order chi connectivity index (χ1) is 9.24. The average molecular weight is 283 g/mol. The summed E-state index contributed by atoms with van der Waals surface area (Å²) in [4.78, 5) is 14.7. The van der Waals surface area contributed by atoms with Gasteiger partial charge in [-0.05, 0) is 42.3 Å². The van der Waals surface area contributed by atoms with Gasteiger partial charge in [0.1, 0.15) is 0 Å². The Balaban J connectivity index is 1.97. The molecule has 6 heteroatoms. The fraction of sp³-hybridized carbons (Fsp3) is 0.615. The highest BCUT2D eigenvalue weighted by atomic mass is 32.1. The zero-order chi connectivity index (χ0) is 13.7. The summed E-state index contributed by atoms with van der Waals surface area (Å²) in [5, 5.41) is 1.94. The standard InChI is InChI=1S/C13H21N3O2S/c1-18-9-10-3-2-5-16(7-10)8-11-4-6-19-12(11)13(17)15-14/h4,6,10H,2-3,5,7-9,14H2,1H3,(H,15,17). The molecule has 106 valence electrons. The predicted octanol–water partition coefficient (Wildman–Crippen LogP) is 1.21. The third kappa shape index (κ3) is 3.76. The number of nitrogens with one attached hydrogen (secondary N) is 1. The number of methoxy groups -OCH3 is 1. The van der Waals surface area contributed by atoms with Crippen LogP contribution in [0.15, 0.2) is 11.4 Å². The van der Waals surface area contributed by atoms with Crippen LogP contribution in [0.2, 0.25) is 0 Å². The minimum Gasteiger partial charge on any atom is -0.384 e. The van der Waals surface area contributed by atoms with Gasteiger partial charge in [-0.3, -0.25) is 15.1 Å². The first-order valence-electron chi connectivity index (χ1n) is 6.53. The Morgan fingerprint density at radius 1 is 1.68 bits per heavy atom. The van der Waals surface area contributed by atoms with Crippen LogP contribution >= 0.6 is 11.3 Å². The summed E-state index contributed by atoms with van der Waals surface area (Å²) in [5.41, 5.74) is 3.27. The normalized spacial score (nSPS) is 20.4. The maximum absolute atomic E-state index is 11.6. The molecule has 1 fully saturated rings. The number of rotatable bonds is 5. The minimum absolute atomic E-state index is 0.199. The summed E-state index contributed by atoms with van der Waals surface area (Å²) in [7, 11) is 1.75. The third-order valence-corrected chi connectivity index (χ3v) is 4.44. The summed E-state index contributed by atoms with van der Waals surface area (Å²) < 4.78 is 5.24. The summed E-state index contributed by atoms with van der Waals surface area (Å²) in [6, 6.07) is 2.01. The maximum Gasteiger partial charge on any atom is 0.275 e. The molecule has 1 aromatic rings. The highest BCUT2D eigenvalue weighted by Crippen LogP contribution is 2.22. The number of nitrogen functional groups attached to an aromatic ring is 1. The van der Waals surface area contributed by atoms with Crippen molar-refractivity contribution in [2.45, 2.75) is 19.4 Å². The SMILES string of the molecule is COCC1CCCN(Cc2ccsc2C(=O)NN)C1. The summed E-state index contributed by atoms with van der Waals surface area (Å²) in [6.45, 7) is 3.75. The molecule has 5 nitrogen and oxygen atoms in total. The zero-order valence-corrected chi connectivity index (χ0v) is 12.0. The molecule has 3 N–H and O–H groups in total. The van der Waals surface area contributed by atoms with Crippen LogP contribution in [0.1, 0.15) is 28.1 Å². The number of amides is 1. The first kappa shape index (κ1) is 14.5. The molecule has 0 saturated carbocycles. The highest BCUT2D eigenvalue weighted by molar-refractivity contribution is 7.12. The van der Waals surface area contributed by atoms with Gasteiger partial charge in [0.05, 0.1) is 11.5 Å². The second kappa shape index (κ2) is 7.00. The van der Waals surface area contributed by atoms with Gasteiger partial charge in [-0.1, -0.05) is 0 Å². The number of carbonyl (C=O) groups excluding carboxylic acids is 1. The number of hydrogen-bond donors (Lipinski definition) is 2. The number of nitrogens with zero attached hydrogens (tertiary/aromatic N) is 1. The molecule has 1 aromatic heterocycles. The smallest absolute Gasteiger partial charge is 0.275 e. The monoisotopic (exact) mass is 283 g/mol. The van der Waals surface area contributed by atoms with Crippen molar-refractivity contribution in [3.63, 3.8) is 0 Å². The molecule has 1 amide bonds. The van der Waals surface area contributed by atoms with Gasteiger partial charge < -0.3 is 4.74 Å². The van der Waals surface area contributed by atoms with Gasteiger partial charge in [0.2, 0.25) is 0 Å². The van der Waals surface area contributed by atoms with E-state index in [2.05, 4.69) is 10.3 Å². The van der Waals surface area contributed by atoms with Gasteiger partial charge in [-0.15, -0.1) is 11.3 Å². The Labute approximate surface area is 117 Å². The van der Waals surface area contributed by atoms with E-state index in [0.29, 0.717) is 5.92 Å². The molecule has 19 heavy (non-hydrogen) atoms. The Morgan fingerprint density at radius 2 is 2.53 bits per heavy atom. The molecular formula is C13H21N3O2S. The fourth-order valence-electron chi connectivity index (χ4n) is 2.63. The number of ether oxygens (including phenoxy) is 1. The van der Waals surface area contributed by atoms with Crippen LogP contribution in [0.5, 0.6) is 0 Å². The van der Waals surface area contributed by atoms with Crippen LogP contribution < -0.4 is 11.3 Å². The van der Waals surface area contributed by atoms with E-state index in [1.807, 2.05) is 11.4 Å². The number of likely N-dealkylation sites (tertiary alicyclic amines) is 1. The highest BCUT2D eigenvalue weighted by Gasteiger charge is 2.21. The van der Waals surface area contributed by atoms with Crippen molar-refractivity contribution in [2.24, 2.45) is 11.8 Å². The number of nitrogens with two attached hydrogens (primary N) is 1. The molecule has 0 radical (unpaired) electrons. The molecule has 1 aliphatic rings. The molecule has 1 saturated heterocycles. The Morgan fingerprint density at radius 3 is 3.26 bits per heavy atom. The van der Waals surface area contributed by atoms with Gasteiger partial charge in [0, 0.05) is 20.2 Å². The first-order valence-corrected chi connectivity index (χ1v) is 7.41. The van der Waals surface area contributed by atoms with E-state index in [9.17, 15) is 4.79 Å². The fourth-order valence-corrected chi connectivity index (χ4v) is 3.45. The molecule has 2 heterocycles. The number of carbonyl (C=O) groups is 1. The Bertz CT molecular complexity index is 420. The van der Waals surface area contributed by atoms with E-state index >= 15 is 0 Å². The lowest BCUT2D eigenvalue weighted by molar-refractivity contribution is 0.0866.